The van der Waals surface area contributed by atoms with E-state index in [1.807, 2.05) is 18.2 Å². The molecule has 2 fully saturated rings. The maximum atomic E-state index is 10.8. The third-order valence-corrected chi connectivity index (χ3v) is 8.30. The molecule has 2 aromatic carbocycles. The van der Waals surface area contributed by atoms with Gasteiger partial charge in [-0.15, -0.1) is 0 Å². The van der Waals surface area contributed by atoms with E-state index in [4.69, 9.17) is 4.74 Å². The summed E-state index contributed by atoms with van der Waals surface area (Å²) in [6, 6.07) is 17.0. The molecule has 2 N–H and O–H groups in total. The van der Waals surface area contributed by atoms with Gasteiger partial charge in [0.2, 0.25) is 0 Å². The van der Waals surface area contributed by atoms with Gasteiger partial charge >= 0.3 is 0 Å². The molecular formula is C26H32O3. The molecule has 6 atom stereocenters. The second-order valence-corrected chi connectivity index (χ2v) is 9.72. The van der Waals surface area contributed by atoms with Crippen LogP contribution in [-0.4, -0.2) is 22.9 Å². The normalized spacial score (nSPS) is 35.5. The fourth-order valence-corrected chi connectivity index (χ4v) is 6.72. The molecule has 3 nitrogen and oxygen atoms in total. The number of rotatable bonds is 4. The van der Waals surface area contributed by atoms with E-state index < -0.39 is 0 Å². The molecule has 3 heteroatoms. The Hall–Kier alpha value is -1.84. The van der Waals surface area contributed by atoms with Crippen LogP contribution in [0.2, 0.25) is 0 Å². The average Bonchev–Trinajstić information content (AvgIpc) is 3.03. The van der Waals surface area contributed by atoms with Crippen LogP contribution in [0.3, 0.4) is 0 Å². The maximum Gasteiger partial charge on any atom is 0.120 e. The van der Waals surface area contributed by atoms with Crippen LogP contribution in [0.1, 0.15) is 55.2 Å². The van der Waals surface area contributed by atoms with E-state index in [-0.39, 0.29) is 24.0 Å². The van der Waals surface area contributed by atoms with E-state index in [1.54, 1.807) is 0 Å². The van der Waals surface area contributed by atoms with Gasteiger partial charge in [-0.3, -0.25) is 0 Å². The van der Waals surface area contributed by atoms with Crippen molar-refractivity contribution in [2.24, 2.45) is 23.2 Å². The van der Waals surface area contributed by atoms with Crippen LogP contribution < -0.4 is 4.74 Å². The zero-order valence-electron chi connectivity index (χ0n) is 17.3. The summed E-state index contributed by atoms with van der Waals surface area (Å²) in [5.41, 5.74) is 4.11. The molecule has 0 spiro atoms. The smallest absolute Gasteiger partial charge is 0.120 e. The summed E-state index contributed by atoms with van der Waals surface area (Å²) in [6.07, 6.45) is 5.10. The highest BCUT2D eigenvalue weighted by molar-refractivity contribution is 5.41. The van der Waals surface area contributed by atoms with Crippen molar-refractivity contribution in [3.8, 4) is 5.75 Å². The van der Waals surface area contributed by atoms with Gasteiger partial charge in [0.1, 0.15) is 12.4 Å². The first-order valence-electron chi connectivity index (χ1n) is 11.2. The minimum Gasteiger partial charge on any atom is -0.489 e. The molecule has 0 radical (unpaired) electrons. The van der Waals surface area contributed by atoms with Crippen LogP contribution in [-0.2, 0) is 13.0 Å². The number of hydrogen-bond donors (Lipinski definition) is 2. The van der Waals surface area contributed by atoms with E-state index >= 15 is 0 Å². The second kappa shape index (κ2) is 7.45. The van der Waals surface area contributed by atoms with Gasteiger partial charge in [-0.05, 0) is 84.1 Å². The van der Waals surface area contributed by atoms with E-state index in [0.29, 0.717) is 24.4 Å². The average molecular weight is 393 g/mol. The van der Waals surface area contributed by atoms with Gasteiger partial charge < -0.3 is 14.9 Å². The largest absolute Gasteiger partial charge is 0.489 e. The standard InChI is InChI=1S/C26H32O3/c1-26-12-11-22-21-10-8-20(29-16-17-5-3-2-4-6-17)13-18(21)7-9-23(22)24(26)14-19(15-27)25(26)28/h2-6,8,10,13,19,22-25,27-28H,7,9,11-12,14-16H2,1H3/t19-,22+,23+,24-,25+,26+/m0/s1. The predicted molar refractivity (Wildman–Crippen MR) is 114 cm³/mol. The van der Waals surface area contributed by atoms with E-state index in [9.17, 15) is 10.2 Å². The van der Waals surface area contributed by atoms with Gasteiger partial charge in [0, 0.05) is 12.5 Å². The minimum atomic E-state index is -0.353. The Bertz CT molecular complexity index is 864. The van der Waals surface area contributed by atoms with E-state index in [1.165, 1.54) is 23.1 Å². The number of fused-ring (bicyclic) bond motifs is 5. The van der Waals surface area contributed by atoms with Crippen LogP contribution in [0.15, 0.2) is 48.5 Å². The molecule has 0 unspecified atom stereocenters. The fourth-order valence-electron chi connectivity index (χ4n) is 6.72. The Morgan fingerprint density at radius 3 is 2.72 bits per heavy atom. The van der Waals surface area contributed by atoms with Crippen molar-refractivity contribution in [2.75, 3.05) is 6.61 Å². The molecule has 0 amide bonds. The van der Waals surface area contributed by atoms with Gasteiger partial charge in [-0.2, -0.15) is 0 Å². The summed E-state index contributed by atoms with van der Waals surface area (Å²) in [5.74, 6) is 2.76. The van der Waals surface area contributed by atoms with E-state index in [2.05, 4.69) is 37.3 Å². The second-order valence-electron chi connectivity index (χ2n) is 9.72. The number of ether oxygens (including phenoxy) is 1. The Morgan fingerprint density at radius 2 is 1.93 bits per heavy atom. The molecule has 5 rings (SSSR count). The summed E-state index contributed by atoms with van der Waals surface area (Å²) < 4.78 is 6.06. The Labute approximate surface area is 173 Å². The van der Waals surface area contributed by atoms with Crippen molar-refractivity contribution in [3.05, 3.63) is 65.2 Å². The monoisotopic (exact) mass is 392 g/mol. The molecule has 3 aliphatic carbocycles. The van der Waals surface area contributed by atoms with Gasteiger partial charge in [0.25, 0.3) is 0 Å². The highest BCUT2D eigenvalue weighted by Gasteiger charge is 2.57. The van der Waals surface area contributed by atoms with Crippen molar-refractivity contribution in [2.45, 2.75) is 57.7 Å². The van der Waals surface area contributed by atoms with Crippen LogP contribution in [0, 0.1) is 23.2 Å². The maximum absolute atomic E-state index is 10.8. The Balaban J connectivity index is 1.34. The van der Waals surface area contributed by atoms with Crippen molar-refractivity contribution in [3.63, 3.8) is 0 Å². The zero-order valence-corrected chi connectivity index (χ0v) is 17.3. The molecular weight excluding hydrogens is 360 g/mol. The highest BCUT2D eigenvalue weighted by atomic mass is 16.5. The molecule has 154 valence electrons. The van der Waals surface area contributed by atoms with Gasteiger partial charge in [0.15, 0.2) is 0 Å². The van der Waals surface area contributed by atoms with Crippen molar-refractivity contribution >= 4 is 0 Å². The summed E-state index contributed by atoms with van der Waals surface area (Å²) in [5, 5.41) is 20.6. The molecule has 0 heterocycles. The van der Waals surface area contributed by atoms with Crippen LogP contribution in [0.5, 0.6) is 5.75 Å². The number of aliphatic hydroxyl groups excluding tert-OH is 2. The number of hydrogen-bond acceptors (Lipinski definition) is 3. The molecule has 29 heavy (non-hydrogen) atoms. The van der Waals surface area contributed by atoms with Crippen molar-refractivity contribution in [1.29, 1.82) is 0 Å². The third kappa shape index (κ3) is 3.19. The molecule has 0 aromatic heterocycles. The molecule has 0 bridgehead atoms. The molecule has 0 aliphatic heterocycles. The SMILES string of the molecule is C[C@@]12CC[C@@H]3c4ccc(OCc5ccccc5)cc4CC[C@H]3[C@@H]1C[C@@H](CO)[C@H]2O. The number of benzene rings is 2. The predicted octanol–water partition coefficient (Wildman–Crippen LogP) is 4.70. The summed E-state index contributed by atoms with van der Waals surface area (Å²) in [6.45, 7) is 2.99. The number of aryl methyl sites for hydroxylation is 1. The minimum absolute atomic E-state index is 0.0230. The number of aliphatic hydroxyl groups is 2. The highest BCUT2D eigenvalue weighted by Crippen LogP contribution is 2.62. The van der Waals surface area contributed by atoms with Crippen LogP contribution >= 0.6 is 0 Å². The first-order chi connectivity index (χ1) is 14.1. The lowest BCUT2D eigenvalue weighted by atomic mass is 9.55. The van der Waals surface area contributed by atoms with Gasteiger partial charge in [-0.25, -0.2) is 0 Å². The fraction of sp³-hybridized carbons (Fsp3) is 0.538. The topological polar surface area (TPSA) is 49.7 Å². The zero-order chi connectivity index (χ0) is 20.0. The summed E-state index contributed by atoms with van der Waals surface area (Å²) in [4.78, 5) is 0. The van der Waals surface area contributed by atoms with Crippen molar-refractivity contribution in [1.82, 2.24) is 0 Å². The lowest BCUT2D eigenvalue weighted by Gasteiger charge is -2.50. The van der Waals surface area contributed by atoms with Crippen LogP contribution in [0.4, 0.5) is 0 Å². The lowest BCUT2D eigenvalue weighted by molar-refractivity contribution is -0.0379. The van der Waals surface area contributed by atoms with Gasteiger partial charge in [0.05, 0.1) is 6.10 Å². The summed E-state index contributed by atoms with van der Waals surface area (Å²) in [7, 11) is 0. The first-order valence-corrected chi connectivity index (χ1v) is 11.2. The third-order valence-electron chi connectivity index (χ3n) is 8.30. The van der Waals surface area contributed by atoms with Gasteiger partial charge in [-0.1, -0.05) is 43.3 Å². The summed E-state index contributed by atoms with van der Waals surface area (Å²) >= 11 is 0. The Kier molecular flexibility index (Phi) is 4.92. The van der Waals surface area contributed by atoms with E-state index in [0.717, 1.165) is 31.4 Å². The van der Waals surface area contributed by atoms with Crippen molar-refractivity contribution < 1.29 is 14.9 Å². The molecule has 2 aromatic rings. The molecule has 0 saturated heterocycles. The first kappa shape index (κ1) is 19.1. The van der Waals surface area contributed by atoms with Crippen LogP contribution in [0.25, 0.3) is 0 Å². The lowest BCUT2D eigenvalue weighted by Crippen LogP contribution is -2.44. The molecule has 2 saturated carbocycles. The molecule has 3 aliphatic rings. The Morgan fingerprint density at radius 1 is 1.10 bits per heavy atom. The quantitative estimate of drug-likeness (QED) is 0.793.